The number of ketones is 1. The van der Waals surface area contributed by atoms with Crippen LogP contribution in [-0.4, -0.2) is 23.9 Å². The second-order valence-electron chi connectivity index (χ2n) is 4.30. The highest BCUT2D eigenvalue weighted by Gasteiger charge is 2.13. The fourth-order valence-electron chi connectivity index (χ4n) is 1.74. The Balaban J connectivity index is 2.04. The summed E-state index contributed by atoms with van der Waals surface area (Å²) >= 11 is 1.16. The van der Waals surface area contributed by atoms with Crippen LogP contribution in [0.25, 0.3) is 0 Å². The molecule has 0 atom stereocenters. The molecule has 0 aliphatic heterocycles. The number of methoxy groups -OCH3 is 1. The number of carbonyl (C=O) groups excluding carboxylic acids is 2. The predicted molar refractivity (Wildman–Crippen MR) is 82.5 cm³/mol. The molecular weight excluding hydrogens is 290 g/mol. The Bertz CT molecular complexity index is 682. The monoisotopic (exact) mass is 305 g/mol. The Hall–Kier alpha value is -2.41. The number of amides is 2. The first kappa shape index (κ1) is 15.0. The van der Waals surface area contributed by atoms with Gasteiger partial charge in [0.2, 0.25) is 0 Å². The molecule has 1 heterocycles. The van der Waals surface area contributed by atoms with Gasteiger partial charge in [-0.2, -0.15) is 0 Å². The number of nitrogens with one attached hydrogen (secondary N) is 2. The number of anilines is 2. The minimum Gasteiger partial charge on any atom is -0.497 e. The highest BCUT2D eigenvalue weighted by Crippen LogP contribution is 2.23. The molecule has 21 heavy (non-hydrogen) atoms. The van der Waals surface area contributed by atoms with E-state index in [9.17, 15) is 9.59 Å². The Morgan fingerprint density at radius 2 is 2.05 bits per heavy atom. The molecule has 0 spiro atoms. The van der Waals surface area contributed by atoms with Crippen LogP contribution in [0.2, 0.25) is 0 Å². The fraction of sp³-hybridized carbons (Fsp3) is 0.214. The van der Waals surface area contributed by atoms with E-state index in [1.165, 1.54) is 6.92 Å². The zero-order chi connectivity index (χ0) is 15.4. The maximum atomic E-state index is 11.9. The van der Waals surface area contributed by atoms with Gasteiger partial charge in [-0.1, -0.05) is 17.4 Å². The van der Waals surface area contributed by atoms with Crippen molar-refractivity contribution in [1.82, 2.24) is 4.98 Å². The molecule has 0 bridgehead atoms. The third-order valence-corrected chi connectivity index (χ3v) is 3.84. The number of carbonyl (C=O) groups is 2. The molecule has 0 unspecified atom stereocenters. The average Bonchev–Trinajstić information content (AvgIpc) is 2.79. The van der Waals surface area contributed by atoms with Crippen LogP contribution in [0.5, 0.6) is 5.75 Å². The van der Waals surface area contributed by atoms with Gasteiger partial charge in [0.15, 0.2) is 10.9 Å². The number of benzene rings is 1. The Morgan fingerprint density at radius 1 is 1.29 bits per heavy atom. The van der Waals surface area contributed by atoms with Gasteiger partial charge in [0.1, 0.15) is 5.75 Å². The molecule has 0 saturated heterocycles. The average molecular weight is 305 g/mol. The number of nitrogens with zero attached hydrogens (tertiary/aromatic N) is 1. The predicted octanol–water partition coefficient (Wildman–Crippen LogP) is 3.31. The summed E-state index contributed by atoms with van der Waals surface area (Å²) in [5.41, 5.74) is 1.22. The zero-order valence-electron chi connectivity index (χ0n) is 11.9. The van der Waals surface area contributed by atoms with E-state index in [0.717, 1.165) is 11.3 Å². The summed E-state index contributed by atoms with van der Waals surface area (Å²) in [7, 11) is 1.56. The lowest BCUT2D eigenvalue weighted by molar-refractivity contribution is 0.102. The summed E-state index contributed by atoms with van der Waals surface area (Å²) in [4.78, 5) is 27.9. The summed E-state index contributed by atoms with van der Waals surface area (Å²) in [6.07, 6.45) is 0. The minimum atomic E-state index is -0.424. The fourth-order valence-corrected chi connectivity index (χ4v) is 2.59. The smallest absolute Gasteiger partial charge is 0.325 e. The third kappa shape index (κ3) is 3.79. The van der Waals surface area contributed by atoms with Crippen molar-refractivity contribution < 1.29 is 14.3 Å². The number of aryl methyl sites for hydroxylation is 1. The molecule has 2 amide bonds. The first-order valence-corrected chi connectivity index (χ1v) is 7.01. The minimum absolute atomic E-state index is 0.0637. The van der Waals surface area contributed by atoms with Crippen LogP contribution in [0.15, 0.2) is 24.3 Å². The van der Waals surface area contributed by atoms with E-state index in [1.54, 1.807) is 38.3 Å². The van der Waals surface area contributed by atoms with E-state index in [1.807, 2.05) is 0 Å². The maximum absolute atomic E-state index is 11.9. The first-order chi connectivity index (χ1) is 9.99. The van der Waals surface area contributed by atoms with Gasteiger partial charge < -0.3 is 10.1 Å². The summed E-state index contributed by atoms with van der Waals surface area (Å²) in [5.74, 6) is 0.586. The second kappa shape index (κ2) is 6.36. The van der Waals surface area contributed by atoms with Gasteiger partial charge in [-0.3, -0.25) is 10.1 Å². The normalized spacial score (nSPS) is 10.0. The van der Waals surface area contributed by atoms with Gasteiger partial charge in [-0.05, 0) is 19.1 Å². The van der Waals surface area contributed by atoms with Crippen LogP contribution in [-0.2, 0) is 0 Å². The number of hydrogen-bond donors (Lipinski definition) is 2. The molecular formula is C14H15N3O3S. The van der Waals surface area contributed by atoms with Crippen molar-refractivity contribution in [2.45, 2.75) is 13.8 Å². The van der Waals surface area contributed by atoms with E-state index < -0.39 is 6.03 Å². The van der Waals surface area contributed by atoms with Crippen molar-refractivity contribution >= 4 is 34.0 Å². The third-order valence-electron chi connectivity index (χ3n) is 2.66. The number of aromatic nitrogens is 1. The van der Waals surface area contributed by atoms with Crippen LogP contribution in [0.1, 0.15) is 22.3 Å². The van der Waals surface area contributed by atoms with Gasteiger partial charge in [0, 0.05) is 18.7 Å². The van der Waals surface area contributed by atoms with Crippen molar-refractivity contribution in [2.75, 3.05) is 17.7 Å². The maximum Gasteiger partial charge on any atom is 0.325 e. The first-order valence-electron chi connectivity index (χ1n) is 6.20. The van der Waals surface area contributed by atoms with Crippen LogP contribution in [0, 0.1) is 6.92 Å². The van der Waals surface area contributed by atoms with Crippen LogP contribution < -0.4 is 15.4 Å². The Kier molecular flexibility index (Phi) is 4.54. The van der Waals surface area contributed by atoms with E-state index >= 15 is 0 Å². The quantitative estimate of drug-likeness (QED) is 0.849. The van der Waals surface area contributed by atoms with Crippen molar-refractivity contribution in [3.63, 3.8) is 0 Å². The number of Topliss-reactive ketones (excluding diaryl/α,β-unsaturated/α-hetero) is 1. The number of thiazole rings is 1. The van der Waals surface area contributed by atoms with Gasteiger partial charge >= 0.3 is 6.03 Å². The molecule has 0 fully saturated rings. The molecule has 0 radical (unpaired) electrons. The topological polar surface area (TPSA) is 80.3 Å². The summed E-state index contributed by atoms with van der Waals surface area (Å²) in [6.45, 7) is 3.21. The van der Waals surface area contributed by atoms with Crippen molar-refractivity contribution in [2.24, 2.45) is 0 Å². The zero-order valence-corrected chi connectivity index (χ0v) is 12.7. The molecule has 0 aliphatic carbocycles. The molecule has 110 valence electrons. The van der Waals surface area contributed by atoms with Gasteiger partial charge in [0.05, 0.1) is 17.7 Å². The number of rotatable bonds is 4. The van der Waals surface area contributed by atoms with E-state index in [2.05, 4.69) is 15.6 Å². The Morgan fingerprint density at radius 3 is 2.67 bits per heavy atom. The van der Waals surface area contributed by atoms with Crippen LogP contribution in [0.4, 0.5) is 15.6 Å². The number of urea groups is 1. The lowest BCUT2D eigenvalue weighted by Crippen LogP contribution is -2.19. The highest BCUT2D eigenvalue weighted by atomic mass is 32.1. The van der Waals surface area contributed by atoms with Crippen molar-refractivity contribution in [3.8, 4) is 5.75 Å². The molecule has 6 nitrogen and oxygen atoms in total. The number of hydrogen-bond acceptors (Lipinski definition) is 5. The lowest BCUT2D eigenvalue weighted by atomic mass is 10.3. The van der Waals surface area contributed by atoms with Crippen molar-refractivity contribution in [1.29, 1.82) is 0 Å². The molecule has 1 aromatic carbocycles. The SMILES string of the molecule is COc1cccc(NC(=O)Nc2nc(C)c(C(C)=O)s2)c1. The van der Waals surface area contributed by atoms with Gasteiger partial charge in [-0.15, -0.1) is 0 Å². The molecule has 0 aliphatic rings. The van der Waals surface area contributed by atoms with Gasteiger partial charge in [-0.25, -0.2) is 9.78 Å². The van der Waals surface area contributed by atoms with Gasteiger partial charge in [0.25, 0.3) is 0 Å². The summed E-state index contributed by atoms with van der Waals surface area (Å²) in [6, 6.07) is 6.58. The number of ether oxygens (including phenoxy) is 1. The molecule has 2 rings (SSSR count). The summed E-state index contributed by atoms with van der Waals surface area (Å²) < 4.78 is 5.08. The largest absolute Gasteiger partial charge is 0.497 e. The molecule has 1 aromatic heterocycles. The second-order valence-corrected chi connectivity index (χ2v) is 5.30. The highest BCUT2D eigenvalue weighted by molar-refractivity contribution is 7.17. The van der Waals surface area contributed by atoms with E-state index in [-0.39, 0.29) is 5.78 Å². The molecule has 2 N–H and O–H groups in total. The van der Waals surface area contributed by atoms with Crippen LogP contribution in [0.3, 0.4) is 0 Å². The van der Waals surface area contributed by atoms with E-state index in [4.69, 9.17) is 4.74 Å². The van der Waals surface area contributed by atoms with Crippen molar-refractivity contribution in [3.05, 3.63) is 34.8 Å². The lowest BCUT2D eigenvalue weighted by Gasteiger charge is -2.06. The molecule has 7 heteroatoms. The van der Waals surface area contributed by atoms with Crippen LogP contribution >= 0.6 is 11.3 Å². The molecule has 0 saturated carbocycles. The van der Waals surface area contributed by atoms with E-state index in [0.29, 0.717) is 27.1 Å². The Labute approximate surface area is 126 Å². The summed E-state index contributed by atoms with van der Waals surface area (Å²) in [5, 5.41) is 5.67. The molecule has 2 aromatic rings. The standard InChI is InChI=1S/C14H15N3O3S/c1-8-12(9(2)18)21-14(15-8)17-13(19)16-10-5-4-6-11(7-10)20-3/h4-7H,1-3H3,(H2,15,16,17,19).